The van der Waals surface area contributed by atoms with Crippen LogP contribution in [0.2, 0.25) is 18.1 Å². The van der Waals surface area contributed by atoms with E-state index in [2.05, 4.69) is 58.1 Å². The second-order valence-electron chi connectivity index (χ2n) is 10.9. The van der Waals surface area contributed by atoms with Gasteiger partial charge in [0.2, 0.25) is 0 Å². The molecule has 1 aromatic carbocycles. The van der Waals surface area contributed by atoms with Gasteiger partial charge in [-0.2, -0.15) is 0 Å². The van der Waals surface area contributed by atoms with Crippen molar-refractivity contribution in [1.82, 2.24) is 9.55 Å². The molecule has 7 heteroatoms. The Morgan fingerprint density at radius 3 is 2.58 bits per heavy atom. The summed E-state index contributed by atoms with van der Waals surface area (Å²) in [4.78, 5) is 30.6. The molecule has 0 unspecified atom stereocenters. The van der Waals surface area contributed by atoms with Crippen LogP contribution in [0.5, 0.6) is 0 Å². The van der Waals surface area contributed by atoms with Gasteiger partial charge >= 0.3 is 5.97 Å². The maximum atomic E-state index is 13.3. The minimum atomic E-state index is -1.81. The molecule has 5 rings (SSSR count). The number of nitrogens with zero attached hydrogens (tertiary/aromatic N) is 2. The third-order valence-electron chi connectivity index (χ3n) is 8.10. The average molecular weight is 463 g/mol. The Morgan fingerprint density at radius 2 is 1.91 bits per heavy atom. The molecule has 0 radical (unpaired) electrons. The molecule has 4 heterocycles. The summed E-state index contributed by atoms with van der Waals surface area (Å²) in [5.74, 6) is -0.704. The van der Waals surface area contributed by atoms with Gasteiger partial charge in [-0.25, -0.2) is 9.78 Å². The fourth-order valence-corrected chi connectivity index (χ4v) is 6.69. The SMILES string of the molecule is CC[C@@]1(O)C(=O)OCc2c1cc1n(c2=O)Cc2cc3cc([Si](C)(C)C(C)(C)C)ccc3nc2-1. The first-order valence-electron chi connectivity index (χ1n) is 11.5. The molecule has 1 atom stereocenters. The number of rotatable bonds is 2. The summed E-state index contributed by atoms with van der Waals surface area (Å²) in [5, 5.41) is 13.7. The zero-order chi connectivity index (χ0) is 23.9. The average Bonchev–Trinajstić information content (AvgIpc) is 3.11. The number of fused-ring (bicyclic) bond motifs is 5. The van der Waals surface area contributed by atoms with Crippen LogP contribution in [0, 0.1) is 0 Å². The molecule has 3 aromatic rings. The maximum absolute atomic E-state index is 13.3. The Morgan fingerprint density at radius 1 is 1.18 bits per heavy atom. The van der Waals surface area contributed by atoms with Gasteiger partial charge in [0.15, 0.2) is 5.60 Å². The van der Waals surface area contributed by atoms with Crippen LogP contribution in [0.3, 0.4) is 0 Å². The number of carbonyl (C=O) groups excluding carboxylic acids is 1. The van der Waals surface area contributed by atoms with Gasteiger partial charge in [-0.3, -0.25) is 4.79 Å². The fraction of sp³-hybridized carbons (Fsp3) is 0.423. The summed E-state index contributed by atoms with van der Waals surface area (Å²) in [7, 11) is -1.70. The van der Waals surface area contributed by atoms with E-state index in [0.717, 1.165) is 22.2 Å². The lowest BCUT2D eigenvalue weighted by molar-refractivity contribution is -0.172. The molecule has 1 N–H and O–H groups in total. The predicted octanol–water partition coefficient (Wildman–Crippen LogP) is 3.80. The molecule has 172 valence electrons. The minimum Gasteiger partial charge on any atom is -0.458 e. The predicted molar refractivity (Wildman–Crippen MR) is 131 cm³/mol. The standard InChI is InChI=1S/C26H30N2O4Si/c1-7-26(31)19-12-21-22-16(13-28(21)23(29)18(19)14-32-24(26)30)10-15-11-17(8-9-20(15)27-22)33(5,6)25(2,3)4/h8-12,31H,7,13-14H2,1-6H3/t26-/m0/s1. The van der Waals surface area contributed by atoms with Crippen molar-refractivity contribution in [2.24, 2.45) is 0 Å². The molecule has 0 bridgehead atoms. The van der Waals surface area contributed by atoms with E-state index in [-0.39, 0.29) is 23.6 Å². The van der Waals surface area contributed by atoms with Crippen LogP contribution in [0.15, 0.2) is 35.1 Å². The van der Waals surface area contributed by atoms with Crippen LogP contribution in [-0.4, -0.2) is 28.7 Å². The van der Waals surface area contributed by atoms with Gasteiger partial charge in [0, 0.05) is 16.5 Å². The van der Waals surface area contributed by atoms with E-state index >= 15 is 0 Å². The van der Waals surface area contributed by atoms with Crippen molar-refractivity contribution in [1.29, 1.82) is 0 Å². The molecule has 2 aromatic heterocycles. The van der Waals surface area contributed by atoms with Crippen molar-refractivity contribution in [2.75, 3.05) is 0 Å². The summed E-state index contributed by atoms with van der Waals surface area (Å²) in [6.45, 7) is 13.7. The van der Waals surface area contributed by atoms with E-state index in [1.54, 1.807) is 17.6 Å². The second-order valence-corrected chi connectivity index (χ2v) is 16.2. The Hall–Kier alpha value is -2.77. The number of benzene rings is 1. The molecular formula is C26H30N2O4Si. The topological polar surface area (TPSA) is 81.4 Å². The number of esters is 1. The highest BCUT2D eigenvalue weighted by atomic mass is 28.3. The van der Waals surface area contributed by atoms with Crippen LogP contribution >= 0.6 is 0 Å². The van der Waals surface area contributed by atoms with Gasteiger partial charge in [0.25, 0.3) is 5.56 Å². The molecule has 0 aliphatic carbocycles. The fourth-order valence-electron chi connectivity index (χ4n) is 4.81. The third kappa shape index (κ3) is 2.98. The molecule has 0 saturated carbocycles. The van der Waals surface area contributed by atoms with Crippen molar-refractivity contribution in [3.63, 3.8) is 0 Å². The first-order chi connectivity index (χ1) is 15.4. The highest BCUT2D eigenvalue weighted by Crippen LogP contribution is 2.39. The number of ether oxygens (including phenoxy) is 1. The van der Waals surface area contributed by atoms with Crippen LogP contribution < -0.4 is 10.7 Å². The van der Waals surface area contributed by atoms with Crippen molar-refractivity contribution < 1.29 is 14.6 Å². The Balaban J connectivity index is 1.69. The molecule has 2 aliphatic rings. The van der Waals surface area contributed by atoms with E-state index in [0.29, 0.717) is 23.4 Å². The summed E-state index contributed by atoms with van der Waals surface area (Å²) in [5.41, 5.74) is 1.89. The van der Waals surface area contributed by atoms with E-state index < -0.39 is 19.6 Å². The second kappa shape index (κ2) is 6.87. The molecule has 33 heavy (non-hydrogen) atoms. The summed E-state index contributed by atoms with van der Waals surface area (Å²) in [6, 6.07) is 10.4. The number of carbonyl (C=O) groups is 1. The van der Waals surface area contributed by atoms with Crippen molar-refractivity contribution in [3.05, 3.63) is 57.4 Å². The van der Waals surface area contributed by atoms with Gasteiger partial charge in [-0.05, 0) is 29.7 Å². The van der Waals surface area contributed by atoms with E-state index in [9.17, 15) is 14.7 Å². The molecule has 2 aliphatic heterocycles. The molecule has 0 fully saturated rings. The summed E-state index contributed by atoms with van der Waals surface area (Å²) >= 11 is 0. The number of cyclic esters (lactones) is 1. The highest BCUT2D eigenvalue weighted by molar-refractivity contribution is 6.92. The van der Waals surface area contributed by atoms with E-state index in [1.807, 2.05) is 0 Å². The molecule has 0 saturated heterocycles. The van der Waals surface area contributed by atoms with Crippen molar-refractivity contribution >= 4 is 30.1 Å². The van der Waals surface area contributed by atoms with Gasteiger partial charge in [-0.15, -0.1) is 0 Å². The van der Waals surface area contributed by atoms with Crippen molar-refractivity contribution in [2.45, 2.75) is 71.0 Å². The number of pyridine rings is 2. The normalized spacial score (nSPS) is 19.8. The lowest BCUT2D eigenvalue weighted by atomic mass is 9.86. The number of aromatic nitrogens is 2. The Labute approximate surface area is 194 Å². The smallest absolute Gasteiger partial charge is 0.343 e. The first kappa shape index (κ1) is 22.0. The van der Waals surface area contributed by atoms with Gasteiger partial charge in [0.1, 0.15) is 6.61 Å². The summed E-state index contributed by atoms with van der Waals surface area (Å²) in [6.07, 6.45) is 0.135. The lowest BCUT2D eigenvalue weighted by Gasteiger charge is -2.37. The van der Waals surface area contributed by atoms with Crippen LogP contribution in [0.1, 0.15) is 50.8 Å². The van der Waals surface area contributed by atoms with Gasteiger partial charge < -0.3 is 14.4 Å². The molecule has 0 amide bonds. The minimum absolute atomic E-state index is 0.114. The largest absolute Gasteiger partial charge is 0.458 e. The third-order valence-corrected chi connectivity index (χ3v) is 13.6. The highest BCUT2D eigenvalue weighted by Gasteiger charge is 2.45. The number of hydrogen-bond acceptors (Lipinski definition) is 5. The monoisotopic (exact) mass is 462 g/mol. The van der Waals surface area contributed by atoms with E-state index in [4.69, 9.17) is 9.72 Å². The molecule has 0 spiro atoms. The van der Waals surface area contributed by atoms with Crippen LogP contribution in [0.25, 0.3) is 22.3 Å². The van der Waals surface area contributed by atoms with E-state index in [1.165, 1.54) is 5.19 Å². The zero-order valence-corrected chi connectivity index (χ0v) is 21.1. The quantitative estimate of drug-likeness (QED) is 0.362. The Bertz CT molecular complexity index is 1400. The van der Waals surface area contributed by atoms with Gasteiger partial charge in [-0.1, -0.05) is 58.1 Å². The van der Waals surface area contributed by atoms with Crippen LogP contribution in [0.4, 0.5) is 0 Å². The van der Waals surface area contributed by atoms with Crippen LogP contribution in [-0.2, 0) is 28.3 Å². The Kier molecular flexibility index (Phi) is 4.59. The number of aliphatic hydroxyl groups is 1. The lowest BCUT2D eigenvalue weighted by Crippen LogP contribution is -2.49. The number of hydrogen-bond donors (Lipinski definition) is 1. The van der Waals surface area contributed by atoms with Gasteiger partial charge in [0.05, 0.1) is 37.1 Å². The molecular weight excluding hydrogens is 432 g/mol. The zero-order valence-electron chi connectivity index (χ0n) is 20.1. The molecule has 6 nitrogen and oxygen atoms in total. The maximum Gasteiger partial charge on any atom is 0.343 e. The summed E-state index contributed by atoms with van der Waals surface area (Å²) < 4.78 is 6.83. The first-order valence-corrected chi connectivity index (χ1v) is 14.5. The van der Waals surface area contributed by atoms with Crippen molar-refractivity contribution in [3.8, 4) is 11.4 Å².